The Bertz CT molecular complexity index is 642. The second-order valence-electron chi connectivity index (χ2n) is 9.35. The second kappa shape index (κ2) is 5.72. The highest BCUT2D eigenvalue weighted by Crippen LogP contribution is 2.66. The molecule has 4 rings (SSSR count). The van der Waals surface area contributed by atoms with E-state index in [4.69, 9.17) is 0 Å². The summed E-state index contributed by atoms with van der Waals surface area (Å²) in [6.45, 7) is 3.49. The lowest BCUT2D eigenvalue weighted by atomic mass is 9.46. The molecule has 0 spiro atoms. The fourth-order valence-electron chi connectivity index (χ4n) is 7.20. The lowest BCUT2D eigenvalue weighted by molar-refractivity contribution is -0.132. The number of carbonyl (C=O) groups excluding carboxylic acids is 2. The van der Waals surface area contributed by atoms with E-state index in [1.54, 1.807) is 6.08 Å². The molecule has 0 radical (unpaired) electrons. The highest BCUT2D eigenvalue weighted by atomic mass is 19.1. The average molecular weight is 350 g/mol. The lowest BCUT2D eigenvalue weighted by Crippen LogP contribution is -2.52. The Kier molecular flexibility index (Phi) is 3.97. The van der Waals surface area contributed by atoms with Gasteiger partial charge in [-0.1, -0.05) is 19.4 Å². The van der Waals surface area contributed by atoms with Crippen molar-refractivity contribution >= 4 is 11.6 Å². The Balaban J connectivity index is 1.65. The third kappa shape index (κ3) is 2.31. The predicted molar refractivity (Wildman–Crippen MR) is 91.5 cm³/mol. The van der Waals surface area contributed by atoms with Gasteiger partial charge < -0.3 is 0 Å². The van der Waals surface area contributed by atoms with Crippen LogP contribution < -0.4 is 0 Å². The van der Waals surface area contributed by atoms with E-state index in [-0.39, 0.29) is 28.3 Å². The molecule has 0 saturated heterocycles. The third-order valence-corrected chi connectivity index (χ3v) is 8.48. The summed E-state index contributed by atoms with van der Waals surface area (Å²) in [7, 11) is 0. The Morgan fingerprint density at radius 1 is 1.20 bits per heavy atom. The van der Waals surface area contributed by atoms with Crippen molar-refractivity contribution in [1.29, 1.82) is 0 Å². The largest absolute Gasteiger partial charge is 0.296 e. The van der Waals surface area contributed by atoms with Crippen molar-refractivity contribution in [2.75, 3.05) is 6.67 Å². The maximum Gasteiger partial charge on any atom is 0.189 e. The molecular formula is C21H28F2O2. The van der Waals surface area contributed by atoms with Gasteiger partial charge in [-0.05, 0) is 79.6 Å². The van der Waals surface area contributed by atoms with Gasteiger partial charge in [0.1, 0.15) is 6.67 Å². The van der Waals surface area contributed by atoms with Gasteiger partial charge in [-0.25, -0.2) is 8.78 Å². The van der Waals surface area contributed by atoms with E-state index >= 15 is 0 Å². The SMILES string of the molecule is C[C@]12CC[C@H]3[C@@H](CCC4=CC(=O)C(F)C[C@@]43C)[C@@H]1CC[C@@H]2C(=O)CF. The molecule has 2 nitrogen and oxygen atoms in total. The molecule has 0 aromatic heterocycles. The first-order chi connectivity index (χ1) is 11.8. The molecule has 138 valence electrons. The number of allylic oxidation sites excluding steroid dienone is 1. The molecule has 1 unspecified atom stereocenters. The van der Waals surface area contributed by atoms with Crippen LogP contribution in [-0.4, -0.2) is 24.4 Å². The van der Waals surface area contributed by atoms with Gasteiger partial charge in [0.05, 0.1) is 0 Å². The van der Waals surface area contributed by atoms with Crippen molar-refractivity contribution < 1.29 is 18.4 Å². The van der Waals surface area contributed by atoms with Crippen molar-refractivity contribution in [1.82, 2.24) is 0 Å². The van der Waals surface area contributed by atoms with Gasteiger partial charge in [0.2, 0.25) is 0 Å². The van der Waals surface area contributed by atoms with Crippen LogP contribution in [0.15, 0.2) is 11.6 Å². The first-order valence-electron chi connectivity index (χ1n) is 9.79. The zero-order chi connectivity index (χ0) is 18.0. The van der Waals surface area contributed by atoms with Gasteiger partial charge in [0.25, 0.3) is 0 Å². The van der Waals surface area contributed by atoms with Crippen molar-refractivity contribution in [2.24, 2.45) is 34.5 Å². The molecule has 0 bridgehead atoms. The molecule has 25 heavy (non-hydrogen) atoms. The van der Waals surface area contributed by atoms with Crippen LogP contribution in [0.1, 0.15) is 58.8 Å². The minimum atomic E-state index is -1.37. The van der Waals surface area contributed by atoms with Crippen LogP contribution in [0.5, 0.6) is 0 Å². The molecule has 4 heteroatoms. The summed E-state index contributed by atoms with van der Waals surface area (Å²) in [5.41, 5.74) is 0.826. The van der Waals surface area contributed by atoms with Gasteiger partial charge in [-0.2, -0.15) is 0 Å². The fraction of sp³-hybridized carbons (Fsp3) is 0.810. The second-order valence-corrected chi connectivity index (χ2v) is 9.35. The Labute approximate surface area is 148 Å². The predicted octanol–water partition coefficient (Wildman–Crippen LogP) is 4.62. The summed E-state index contributed by atoms with van der Waals surface area (Å²) in [4.78, 5) is 23.9. The van der Waals surface area contributed by atoms with Crippen molar-refractivity contribution in [2.45, 2.75) is 65.0 Å². The summed E-state index contributed by atoms with van der Waals surface area (Å²) >= 11 is 0. The molecule has 0 aromatic rings. The minimum Gasteiger partial charge on any atom is -0.296 e. The van der Waals surface area contributed by atoms with Crippen LogP contribution in [0, 0.1) is 34.5 Å². The molecule has 3 saturated carbocycles. The number of carbonyl (C=O) groups is 2. The fourth-order valence-corrected chi connectivity index (χ4v) is 7.20. The Morgan fingerprint density at radius 2 is 1.96 bits per heavy atom. The van der Waals surface area contributed by atoms with E-state index < -0.39 is 12.8 Å². The number of halogens is 2. The van der Waals surface area contributed by atoms with E-state index in [1.165, 1.54) is 0 Å². The molecular weight excluding hydrogens is 322 g/mol. The van der Waals surface area contributed by atoms with Crippen molar-refractivity contribution in [3.05, 3.63) is 11.6 Å². The summed E-state index contributed by atoms with van der Waals surface area (Å²) < 4.78 is 27.3. The summed E-state index contributed by atoms with van der Waals surface area (Å²) in [6.07, 6.45) is 6.09. The number of ketones is 2. The zero-order valence-corrected chi connectivity index (χ0v) is 15.2. The van der Waals surface area contributed by atoms with Crippen LogP contribution in [0.4, 0.5) is 8.78 Å². The quantitative estimate of drug-likeness (QED) is 0.728. The number of alkyl halides is 2. The standard InChI is InChI=1S/C21H28F2O2/c1-20-8-7-15-13(14(20)5-6-16(20)19(25)11-22)4-3-12-9-18(24)17(23)10-21(12,15)2/h9,13-17H,3-8,10-11H2,1-2H3/t13-,14-,15-,16+,17?,20-,21-/m0/s1. The van der Waals surface area contributed by atoms with Gasteiger partial charge in [-0.3, -0.25) is 9.59 Å². The normalized spacial score (nSPS) is 49.0. The maximum atomic E-state index is 14.2. The summed E-state index contributed by atoms with van der Waals surface area (Å²) in [5.74, 6) is 0.560. The minimum absolute atomic E-state index is 0.0957. The van der Waals surface area contributed by atoms with E-state index in [2.05, 4.69) is 13.8 Å². The molecule has 0 heterocycles. The van der Waals surface area contributed by atoms with Gasteiger partial charge in [0, 0.05) is 5.92 Å². The molecule has 4 aliphatic carbocycles. The molecule has 0 N–H and O–H groups in total. The van der Waals surface area contributed by atoms with Gasteiger partial charge >= 0.3 is 0 Å². The van der Waals surface area contributed by atoms with Crippen LogP contribution in [0.2, 0.25) is 0 Å². The summed E-state index contributed by atoms with van der Waals surface area (Å²) in [6, 6.07) is 0. The molecule has 7 atom stereocenters. The topological polar surface area (TPSA) is 34.1 Å². The van der Waals surface area contributed by atoms with Gasteiger partial charge in [0.15, 0.2) is 17.7 Å². The number of rotatable bonds is 2. The van der Waals surface area contributed by atoms with Crippen molar-refractivity contribution in [3.8, 4) is 0 Å². The van der Waals surface area contributed by atoms with Crippen molar-refractivity contribution in [3.63, 3.8) is 0 Å². The first kappa shape index (κ1) is 17.4. The molecule has 0 amide bonds. The summed E-state index contributed by atoms with van der Waals surface area (Å²) in [5, 5.41) is 0. The van der Waals surface area contributed by atoms with E-state index in [0.717, 1.165) is 44.1 Å². The number of hydrogen-bond donors (Lipinski definition) is 0. The Hall–Kier alpha value is -1.06. The smallest absolute Gasteiger partial charge is 0.189 e. The lowest BCUT2D eigenvalue weighted by Gasteiger charge is -2.58. The van der Waals surface area contributed by atoms with Crippen LogP contribution in [-0.2, 0) is 9.59 Å². The highest BCUT2D eigenvalue weighted by Gasteiger charge is 2.60. The number of hydrogen-bond acceptors (Lipinski definition) is 2. The highest BCUT2D eigenvalue weighted by molar-refractivity contribution is 5.95. The molecule has 4 aliphatic rings. The monoisotopic (exact) mass is 350 g/mol. The third-order valence-electron chi connectivity index (χ3n) is 8.48. The Morgan fingerprint density at radius 3 is 2.68 bits per heavy atom. The molecule has 3 fully saturated rings. The number of fused-ring (bicyclic) bond motifs is 5. The molecule has 0 aliphatic heterocycles. The van der Waals surface area contributed by atoms with E-state index in [9.17, 15) is 18.4 Å². The van der Waals surface area contributed by atoms with Crippen LogP contribution in [0.25, 0.3) is 0 Å². The van der Waals surface area contributed by atoms with Gasteiger partial charge in [-0.15, -0.1) is 0 Å². The van der Waals surface area contributed by atoms with E-state index in [1.807, 2.05) is 0 Å². The first-order valence-corrected chi connectivity index (χ1v) is 9.79. The van der Waals surface area contributed by atoms with Crippen LogP contribution >= 0.6 is 0 Å². The number of Topliss-reactive ketones (excluding diaryl/α,β-unsaturated/α-hetero) is 1. The average Bonchev–Trinajstić information content (AvgIpc) is 2.93. The van der Waals surface area contributed by atoms with Crippen LogP contribution in [0.3, 0.4) is 0 Å². The van der Waals surface area contributed by atoms with E-state index in [0.29, 0.717) is 24.2 Å². The zero-order valence-electron chi connectivity index (χ0n) is 15.2. The maximum absolute atomic E-state index is 14.2. The molecule has 0 aromatic carbocycles.